The van der Waals surface area contributed by atoms with E-state index in [9.17, 15) is 0 Å². The molecule has 0 fully saturated rings. The second-order valence-corrected chi connectivity index (χ2v) is 4.18. The van der Waals surface area contributed by atoms with Crippen molar-refractivity contribution in [1.29, 1.82) is 0 Å². The Hall–Kier alpha value is -1.04. The van der Waals surface area contributed by atoms with Crippen molar-refractivity contribution < 1.29 is 9.47 Å². The third-order valence-electron chi connectivity index (χ3n) is 2.76. The van der Waals surface area contributed by atoms with E-state index in [-0.39, 0.29) is 0 Å². The van der Waals surface area contributed by atoms with E-state index in [1.165, 1.54) is 5.56 Å². The van der Waals surface area contributed by atoms with Gasteiger partial charge in [-0.25, -0.2) is 9.97 Å². The zero-order valence-electron chi connectivity index (χ0n) is 11.5. The first-order chi connectivity index (χ1) is 8.69. The molecule has 0 saturated heterocycles. The molecule has 1 rings (SSSR count). The first-order valence-electron chi connectivity index (χ1n) is 6.28. The first-order valence-corrected chi connectivity index (χ1v) is 6.28. The maximum Gasteiger partial charge on any atom is 0.131 e. The summed E-state index contributed by atoms with van der Waals surface area (Å²) in [5.41, 5.74) is 8.80. The minimum Gasteiger partial charge on any atom is -0.382 e. The van der Waals surface area contributed by atoms with Crippen molar-refractivity contribution in [3.63, 3.8) is 0 Å². The summed E-state index contributed by atoms with van der Waals surface area (Å²) in [5, 5.41) is 0. The molecule has 0 spiro atoms. The van der Waals surface area contributed by atoms with E-state index in [0.717, 1.165) is 30.1 Å². The lowest BCUT2D eigenvalue weighted by molar-refractivity contribution is 0.0716. The number of hydrogen-bond acceptors (Lipinski definition) is 5. The molecule has 0 radical (unpaired) electrons. The molecule has 0 aliphatic heterocycles. The van der Waals surface area contributed by atoms with E-state index in [4.69, 9.17) is 15.2 Å². The Morgan fingerprint density at radius 2 is 1.67 bits per heavy atom. The van der Waals surface area contributed by atoms with Crippen LogP contribution < -0.4 is 5.73 Å². The largest absolute Gasteiger partial charge is 0.382 e. The van der Waals surface area contributed by atoms with Crippen molar-refractivity contribution >= 4 is 0 Å². The van der Waals surface area contributed by atoms with Crippen molar-refractivity contribution in [3.05, 3.63) is 22.8 Å². The third-order valence-corrected chi connectivity index (χ3v) is 2.76. The van der Waals surface area contributed by atoms with E-state index in [2.05, 4.69) is 9.97 Å². The van der Waals surface area contributed by atoms with Gasteiger partial charge >= 0.3 is 0 Å². The molecule has 0 amide bonds. The van der Waals surface area contributed by atoms with Crippen LogP contribution in [0.5, 0.6) is 0 Å². The lowest BCUT2D eigenvalue weighted by atomic mass is 10.1. The smallest absolute Gasteiger partial charge is 0.131 e. The lowest BCUT2D eigenvalue weighted by Gasteiger charge is -2.10. The summed E-state index contributed by atoms with van der Waals surface area (Å²) < 4.78 is 10.3. The summed E-state index contributed by atoms with van der Waals surface area (Å²) in [6.45, 7) is 6.50. The number of nitrogens with two attached hydrogens (primary N) is 1. The van der Waals surface area contributed by atoms with E-state index in [0.29, 0.717) is 26.4 Å². The SMILES string of the molecule is COCCOCCc1nc(C)c(CCN)c(C)n1. The highest BCUT2D eigenvalue weighted by atomic mass is 16.5. The molecule has 1 heterocycles. The van der Waals surface area contributed by atoms with Crippen LogP contribution in [0.1, 0.15) is 22.8 Å². The molecule has 1 aromatic rings. The Morgan fingerprint density at radius 1 is 1.00 bits per heavy atom. The molecule has 0 unspecified atom stereocenters. The highest BCUT2D eigenvalue weighted by Gasteiger charge is 2.07. The van der Waals surface area contributed by atoms with Crippen LogP contribution in [0.2, 0.25) is 0 Å². The molecule has 102 valence electrons. The van der Waals surface area contributed by atoms with Crippen molar-refractivity contribution in [2.45, 2.75) is 26.7 Å². The van der Waals surface area contributed by atoms with Crippen LogP contribution in [0, 0.1) is 13.8 Å². The van der Waals surface area contributed by atoms with Gasteiger partial charge in [0.2, 0.25) is 0 Å². The number of rotatable bonds is 8. The Kier molecular flexibility index (Phi) is 6.78. The maximum atomic E-state index is 5.58. The van der Waals surface area contributed by atoms with Crippen molar-refractivity contribution in [2.75, 3.05) is 33.5 Å². The molecule has 2 N–H and O–H groups in total. The Balaban J connectivity index is 2.52. The van der Waals surface area contributed by atoms with Gasteiger partial charge in [-0.1, -0.05) is 0 Å². The van der Waals surface area contributed by atoms with Crippen LogP contribution in [0.4, 0.5) is 0 Å². The van der Waals surface area contributed by atoms with E-state index >= 15 is 0 Å². The highest BCUT2D eigenvalue weighted by molar-refractivity contribution is 5.24. The van der Waals surface area contributed by atoms with Gasteiger partial charge in [-0.05, 0) is 32.4 Å². The third kappa shape index (κ3) is 4.68. The summed E-state index contributed by atoms with van der Waals surface area (Å²) in [6, 6.07) is 0. The zero-order valence-corrected chi connectivity index (χ0v) is 11.5. The Bertz CT molecular complexity index is 346. The van der Waals surface area contributed by atoms with Gasteiger partial charge < -0.3 is 15.2 Å². The summed E-state index contributed by atoms with van der Waals surface area (Å²) in [4.78, 5) is 8.98. The number of hydrogen-bond donors (Lipinski definition) is 1. The van der Waals surface area contributed by atoms with Gasteiger partial charge in [0.1, 0.15) is 5.82 Å². The van der Waals surface area contributed by atoms with Crippen molar-refractivity contribution in [1.82, 2.24) is 9.97 Å². The molecule has 18 heavy (non-hydrogen) atoms. The Morgan fingerprint density at radius 3 is 2.22 bits per heavy atom. The van der Waals surface area contributed by atoms with Gasteiger partial charge in [-0.2, -0.15) is 0 Å². The van der Waals surface area contributed by atoms with Gasteiger partial charge in [0.15, 0.2) is 0 Å². The molecule has 1 aromatic heterocycles. The van der Waals surface area contributed by atoms with Crippen LogP contribution in [0.15, 0.2) is 0 Å². The summed E-state index contributed by atoms with van der Waals surface area (Å²) in [6.07, 6.45) is 1.57. The molecule has 0 bridgehead atoms. The van der Waals surface area contributed by atoms with Crippen LogP contribution in [0.3, 0.4) is 0 Å². The first kappa shape index (κ1) is 15.0. The Labute approximate surface area is 109 Å². The number of aromatic nitrogens is 2. The molecular formula is C13H23N3O2. The van der Waals surface area contributed by atoms with Gasteiger partial charge in [-0.15, -0.1) is 0 Å². The molecule has 0 aliphatic carbocycles. The molecular weight excluding hydrogens is 230 g/mol. The lowest BCUT2D eigenvalue weighted by Crippen LogP contribution is -2.12. The second-order valence-electron chi connectivity index (χ2n) is 4.18. The fraction of sp³-hybridized carbons (Fsp3) is 0.692. The highest BCUT2D eigenvalue weighted by Crippen LogP contribution is 2.10. The quantitative estimate of drug-likeness (QED) is 0.694. The van der Waals surface area contributed by atoms with Gasteiger partial charge in [0, 0.05) is 24.9 Å². The fourth-order valence-electron chi connectivity index (χ4n) is 1.83. The molecule has 0 aliphatic rings. The zero-order chi connectivity index (χ0) is 13.4. The molecule has 5 heteroatoms. The van der Waals surface area contributed by atoms with Crippen LogP contribution in [-0.4, -0.2) is 43.4 Å². The molecule has 0 aromatic carbocycles. The predicted octanol–water partition coefficient (Wildman–Crippen LogP) is 0.800. The van der Waals surface area contributed by atoms with Crippen LogP contribution in [0.25, 0.3) is 0 Å². The van der Waals surface area contributed by atoms with Crippen molar-refractivity contribution in [3.8, 4) is 0 Å². The van der Waals surface area contributed by atoms with E-state index in [1.54, 1.807) is 7.11 Å². The topological polar surface area (TPSA) is 70.3 Å². The molecule has 5 nitrogen and oxygen atoms in total. The number of nitrogens with zero attached hydrogens (tertiary/aromatic N) is 2. The van der Waals surface area contributed by atoms with E-state index in [1.807, 2.05) is 13.8 Å². The molecule has 0 saturated carbocycles. The molecule has 0 atom stereocenters. The van der Waals surface area contributed by atoms with Gasteiger partial charge in [0.05, 0.1) is 19.8 Å². The number of methoxy groups -OCH3 is 1. The predicted molar refractivity (Wildman–Crippen MR) is 70.7 cm³/mol. The van der Waals surface area contributed by atoms with Gasteiger partial charge in [-0.3, -0.25) is 0 Å². The maximum absolute atomic E-state index is 5.58. The minimum absolute atomic E-state index is 0.611. The standard InChI is InChI=1S/C13H23N3O2/c1-10-12(4-6-14)11(2)16-13(15-10)5-7-18-9-8-17-3/h4-9,14H2,1-3H3. The van der Waals surface area contributed by atoms with Gasteiger partial charge in [0.25, 0.3) is 0 Å². The number of aryl methyl sites for hydroxylation is 2. The average Bonchev–Trinajstić information content (AvgIpc) is 2.33. The second kappa shape index (κ2) is 8.13. The summed E-state index contributed by atoms with van der Waals surface area (Å²) >= 11 is 0. The van der Waals surface area contributed by atoms with E-state index < -0.39 is 0 Å². The monoisotopic (exact) mass is 253 g/mol. The van der Waals surface area contributed by atoms with Crippen LogP contribution >= 0.6 is 0 Å². The normalized spacial score (nSPS) is 10.9. The average molecular weight is 253 g/mol. The van der Waals surface area contributed by atoms with Crippen molar-refractivity contribution in [2.24, 2.45) is 5.73 Å². The summed E-state index contributed by atoms with van der Waals surface area (Å²) in [7, 11) is 1.66. The minimum atomic E-state index is 0.611. The summed E-state index contributed by atoms with van der Waals surface area (Å²) in [5.74, 6) is 0.836. The fourth-order valence-corrected chi connectivity index (χ4v) is 1.83. The number of ether oxygens (including phenoxy) is 2. The van der Waals surface area contributed by atoms with Crippen LogP contribution in [-0.2, 0) is 22.3 Å².